The minimum absolute atomic E-state index is 0.115. The molecular weight excluding hydrogens is 254 g/mol. The van der Waals surface area contributed by atoms with Gasteiger partial charge in [0.1, 0.15) is 10.6 Å². The van der Waals surface area contributed by atoms with Crippen molar-refractivity contribution in [3.8, 4) is 5.75 Å². The van der Waals surface area contributed by atoms with E-state index in [0.29, 0.717) is 18.6 Å². The molecule has 18 heavy (non-hydrogen) atoms. The lowest BCUT2D eigenvalue weighted by Crippen LogP contribution is -2.39. The van der Waals surface area contributed by atoms with Crippen LogP contribution in [0, 0.1) is 6.92 Å². The van der Waals surface area contributed by atoms with Crippen LogP contribution in [0.1, 0.15) is 18.4 Å². The summed E-state index contributed by atoms with van der Waals surface area (Å²) < 4.78 is 32.2. The summed E-state index contributed by atoms with van der Waals surface area (Å²) in [6, 6.07) is 4.98. The summed E-state index contributed by atoms with van der Waals surface area (Å²) in [5.41, 5.74) is 0.165. The molecule has 0 aromatic heterocycles. The van der Waals surface area contributed by atoms with Crippen molar-refractivity contribution in [2.24, 2.45) is 0 Å². The summed E-state index contributed by atoms with van der Waals surface area (Å²) in [7, 11) is -2.23. The summed E-state index contributed by atoms with van der Waals surface area (Å²) in [5, 5.41) is 9.19. The molecule has 5 nitrogen and oxygen atoms in total. The first-order valence-corrected chi connectivity index (χ1v) is 7.20. The second kappa shape index (κ2) is 4.53. The van der Waals surface area contributed by atoms with Gasteiger partial charge in [0.25, 0.3) is 0 Å². The van der Waals surface area contributed by atoms with Crippen LogP contribution in [0.4, 0.5) is 0 Å². The van der Waals surface area contributed by atoms with E-state index in [2.05, 4.69) is 4.72 Å². The van der Waals surface area contributed by atoms with Crippen molar-refractivity contribution in [2.75, 3.05) is 13.7 Å². The Kier molecular flexibility index (Phi) is 3.35. The first-order valence-electron chi connectivity index (χ1n) is 5.72. The molecule has 1 saturated carbocycles. The van der Waals surface area contributed by atoms with Crippen molar-refractivity contribution in [3.05, 3.63) is 23.8 Å². The molecule has 0 radical (unpaired) electrons. The molecule has 0 unspecified atom stereocenters. The second-order valence-corrected chi connectivity index (χ2v) is 6.35. The van der Waals surface area contributed by atoms with Gasteiger partial charge in [0, 0.05) is 0 Å². The average Bonchev–Trinajstić information content (AvgIpc) is 3.09. The average molecular weight is 271 g/mol. The number of hydrogen-bond donors (Lipinski definition) is 2. The van der Waals surface area contributed by atoms with Gasteiger partial charge in [0.2, 0.25) is 10.0 Å². The van der Waals surface area contributed by atoms with Crippen molar-refractivity contribution in [1.82, 2.24) is 4.72 Å². The number of benzene rings is 1. The van der Waals surface area contributed by atoms with Crippen LogP contribution in [0.5, 0.6) is 5.75 Å². The Balaban J connectivity index is 2.37. The van der Waals surface area contributed by atoms with Crippen LogP contribution < -0.4 is 9.46 Å². The highest BCUT2D eigenvalue weighted by atomic mass is 32.2. The molecule has 0 atom stereocenters. The quantitative estimate of drug-likeness (QED) is 0.831. The van der Waals surface area contributed by atoms with Gasteiger partial charge in [-0.15, -0.1) is 0 Å². The Labute approximate surface area is 107 Å². The monoisotopic (exact) mass is 271 g/mol. The van der Waals surface area contributed by atoms with Crippen molar-refractivity contribution >= 4 is 10.0 Å². The molecule has 0 spiro atoms. The summed E-state index contributed by atoms with van der Waals surface area (Å²) in [4.78, 5) is 0.115. The lowest BCUT2D eigenvalue weighted by Gasteiger charge is -2.16. The zero-order valence-electron chi connectivity index (χ0n) is 10.4. The maximum Gasteiger partial charge on any atom is 0.244 e. The molecule has 0 amide bonds. The van der Waals surface area contributed by atoms with Crippen LogP contribution in [0.2, 0.25) is 0 Å². The molecule has 1 aromatic carbocycles. The predicted octanol–water partition coefficient (Wildman–Crippen LogP) is 0.807. The van der Waals surface area contributed by atoms with E-state index in [1.54, 1.807) is 18.2 Å². The SMILES string of the molecule is COc1ccc(C)cc1S(=O)(=O)NC1(CO)CC1. The van der Waals surface area contributed by atoms with Crippen molar-refractivity contribution < 1.29 is 18.3 Å². The van der Waals surface area contributed by atoms with E-state index in [1.165, 1.54) is 7.11 Å². The molecule has 100 valence electrons. The first-order chi connectivity index (χ1) is 8.42. The number of methoxy groups -OCH3 is 1. The maximum atomic E-state index is 12.3. The topological polar surface area (TPSA) is 75.6 Å². The zero-order chi connectivity index (χ0) is 13.4. The summed E-state index contributed by atoms with van der Waals surface area (Å²) in [6.45, 7) is 1.64. The second-order valence-electron chi connectivity index (χ2n) is 4.70. The highest BCUT2D eigenvalue weighted by Gasteiger charge is 2.46. The van der Waals surface area contributed by atoms with Gasteiger partial charge in [0.15, 0.2) is 0 Å². The molecule has 1 fully saturated rings. The fourth-order valence-electron chi connectivity index (χ4n) is 1.78. The number of ether oxygens (including phenoxy) is 1. The normalized spacial score (nSPS) is 17.5. The lowest BCUT2D eigenvalue weighted by molar-refractivity contribution is 0.246. The summed E-state index contributed by atoms with van der Waals surface area (Å²) >= 11 is 0. The fraction of sp³-hybridized carbons (Fsp3) is 0.500. The third kappa shape index (κ3) is 2.50. The van der Waals surface area contributed by atoms with Crippen LogP contribution in [0.3, 0.4) is 0 Å². The highest BCUT2D eigenvalue weighted by Crippen LogP contribution is 2.37. The van der Waals surface area contributed by atoms with Crippen molar-refractivity contribution in [2.45, 2.75) is 30.2 Å². The molecule has 0 heterocycles. The van der Waals surface area contributed by atoms with E-state index < -0.39 is 15.6 Å². The molecule has 0 bridgehead atoms. The number of nitrogens with one attached hydrogen (secondary N) is 1. The molecule has 2 N–H and O–H groups in total. The van der Waals surface area contributed by atoms with Gasteiger partial charge in [0.05, 0.1) is 19.3 Å². The molecule has 0 saturated heterocycles. The van der Waals surface area contributed by atoms with Crippen LogP contribution in [-0.4, -0.2) is 32.8 Å². The van der Waals surface area contributed by atoms with Crippen LogP contribution >= 0.6 is 0 Å². The molecule has 0 aliphatic heterocycles. The molecule has 6 heteroatoms. The van der Waals surface area contributed by atoms with Gasteiger partial charge >= 0.3 is 0 Å². The highest BCUT2D eigenvalue weighted by molar-refractivity contribution is 7.89. The maximum absolute atomic E-state index is 12.3. The summed E-state index contributed by atoms with van der Waals surface area (Å²) in [6.07, 6.45) is 1.33. The lowest BCUT2D eigenvalue weighted by atomic mass is 10.2. The Morgan fingerprint density at radius 3 is 2.61 bits per heavy atom. The van der Waals surface area contributed by atoms with E-state index in [9.17, 15) is 13.5 Å². The smallest absolute Gasteiger partial charge is 0.244 e. The molecule has 2 rings (SSSR count). The minimum Gasteiger partial charge on any atom is -0.495 e. The Hall–Kier alpha value is -1.11. The van der Waals surface area contributed by atoms with Gasteiger partial charge < -0.3 is 9.84 Å². The number of hydrogen-bond acceptors (Lipinski definition) is 4. The van der Waals surface area contributed by atoms with Crippen LogP contribution in [0.25, 0.3) is 0 Å². The number of aryl methyl sites for hydroxylation is 1. The third-order valence-electron chi connectivity index (χ3n) is 3.12. The van der Waals surface area contributed by atoms with E-state index in [1.807, 2.05) is 6.92 Å². The van der Waals surface area contributed by atoms with Gasteiger partial charge in [-0.1, -0.05) is 6.07 Å². The van der Waals surface area contributed by atoms with Crippen LogP contribution in [-0.2, 0) is 10.0 Å². The number of aliphatic hydroxyl groups is 1. The number of sulfonamides is 1. The minimum atomic E-state index is -3.67. The Bertz CT molecular complexity index is 549. The standard InChI is InChI=1S/C12H17NO4S/c1-9-3-4-10(17-2)11(7-9)18(15,16)13-12(8-14)5-6-12/h3-4,7,13-14H,5-6,8H2,1-2H3. The van der Waals surface area contributed by atoms with E-state index in [0.717, 1.165) is 5.56 Å². The largest absolute Gasteiger partial charge is 0.495 e. The zero-order valence-corrected chi connectivity index (χ0v) is 11.3. The van der Waals surface area contributed by atoms with Crippen molar-refractivity contribution in [3.63, 3.8) is 0 Å². The van der Waals surface area contributed by atoms with Crippen molar-refractivity contribution in [1.29, 1.82) is 0 Å². The molecule has 1 aliphatic rings. The molecular formula is C12H17NO4S. The Morgan fingerprint density at radius 2 is 2.11 bits per heavy atom. The predicted molar refractivity (Wildman–Crippen MR) is 67.1 cm³/mol. The molecule has 1 aromatic rings. The van der Waals surface area contributed by atoms with E-state index >= 15 is 0 Å². The van der Waals surface area contributed by atoms with Gasteiger partial charge in [-0.25, -0.2) is 13.1 Å². The first kappa shape index (κ1) is 13.3. The van der Waals surface area contributed by atoms with E-state index in [4.69, 9.17) is 4.74 Å². The number of aliphatic hydroxyl groups excluding tert-OH is 1. The van der Waals surface area contributed by atoms with E-state index in [-0.39, 0.29) is 11.5 Å². The number of rotatable bonds is 5. The fourth-order valence-corrected chi connectivity index (χ4v) is 3.48. The van der Waals surface area contributed by atoms with Crippen LogP contribution in [0.15, 0.2) is 23.1 Å². The van der Waals surface area contributed by atoms with Gasteiger partial charge in [-0.2, -0.15) is 0 Å². The summed E-state index contributed by atoms with van der Waals surface area (Å²) in [5.74, 6) is 0.307. The third-order valence-corrected chi connectivity index (χ3v) is 4.72. The Morgan fingerprint density at radius 1 is 1.44 bits per heavy atom. The van der Waals surface area contributed by atoms with Gasteiger partial charge in [-0.05, 0) is 37.5 Å². The van der Waals surface area contributed by atoms with Gasteiger partial charge in [-0.3, -0.25) is 0 Å². The molecule has 1 aliphatic carbocycles.